The maximum Gasteiger partial charge on any atom is 0.255 e. The lowest BCUT2D eigenvalue weighted by molar-refractivity contribution is -0.132. The minimum atomic E-state index is -0.933. The fourth-order valence-electron chi connectivity index (χ4n) is 4.71. The third kappa shape index (κ3) is 4.24. The van der Waals surface area contributed by atoms with E-state index in [0.717, 1.165) is 36.8 Å². The number of hydrogen-bond acceptors (Lipinski definition) is 2. The zero-order valence-electron chi connectivity index (χ0n) is 17.5. The van der Waals surface area contributed by atoms with Gasteiger partial charge in [0.25, 0.3) is 5.91 Å². The van der Waals surface area contributed by atoms with Crippen LogP contribution in [0.15, 0.2) is 48.5 Å². The molecular formula is C25H29ClN2O2. The first-order chi connectivity index (χ1) is 14.5. The molecule has 1 atom stereocenters. The van der Waals surface area contributed by atoms with Gasteiger partial charge in [0.2, 0.25) is 5.91 Å². The summed E-state index contributed by atoms with van der Waals surface area (Å²) in [5.74, 6) is -0.142. The Kier molecular flexibility index (Phi) is 6.14. The van der Waals surface area contributed by atoms with E-state index in [9.17, 15) is 9.59 Å². The number of halogens is 1. The van der Waals surface area contributed by atoms with Gasteiger partial charge < -0.3 is 10.2 Å². The highest BCUT2D eigenvalue weighted by molar-refractivity contribution is 6.30. The van der Waals surface area contributed by atoms with Gasteiger partial charge in [-0.05, 0) is 49.1 Å². The summed E-state index contributed by atoms with van der Waals surface area (Å²) in [5, 5.41) is 3.95. The minimum absolute atomic E-state index is 0.0498. The predicted octanol–water partition coefficient (Wildman–Crippen LogP) is 5.14. The van der Waals surface area contributed by atoms with Gasteiger partial charge in [-0.15, -0.1) is 0 Å². The van der Waals surface area contributed by atoms with Crippen molar-refractivity contribution in [3.8, 4) is 0 Å². The Labute approximate surface area is 183 Å². The molecule has 2 aliphatic rings. The molecule has 0 radical (unpaired) electrons. The van der Waals surface area contributed by atoms with Crippen LogP contribution in [0.5, 0.6) is 0 Å². The van der Waals surface area contributed by atoms with Crippen molar-refractivity contribution in [1.82, 2.24) is 10.2 Å². The normalized spacial score (nSPS) is 22.3. The van der Waals surface area contributed by atoms with Gasteiger partial charge in [-0.2, -0.15) is 0 Å². The van der Waals surface area contributed by atoms with Crippen LogP contribution in [0.25, 0.3) is 0 Å². The zero-order chi connectivity index (χ0) is 21.1. The third-order valence-corrected chi connectivity index (χ3v) is 6.81. The lowest BCUT2D eigenvalue weighted by Gasteiger charge is -2.44. The Morgan fingerprint density at radius 1 is 1.07 bits per heavy atom. The number of rotatable bonds is 4. The molecular weight excluding hydrogens is 396 g/mol. The second kappa shape index (κ2) is 8.81. The van der Waals surface area contributed by atoms with E-state index in [-0.39, 0.29) is 17.9 Å². The van der Waals surface area contributed by atoms with Gasteiger partial charge in [-0.3, -0.25) is 9.59 Å². The molecule has 2 aromatic carbocycles. The monoisotopic (exact) mass is 424 g/mol. The maximum absolute atomic E-state index is 13.6. The molecule has 1 fully saturated rings. The summed E-state index contributed by atoms with van der Waals surface area (Å²) in [4.78, 5) is 28.8. The standard InChI is InChI=1S/C25H29ClN2O2/c1-25(24(30)27-21-9-4-2-3-5-10-21)16-19-8-6-7-11-22(19)23(29)28(25)17-18-12-14-20(26)15-13-18/h6-8,11-15,21H,2-5,9-10,16-17H2,1H3,(H,27,30). The highest BCUT2D eigenvalue weighted by atomic mass is 35.5. The first-order valence-corrected chi connectivity index (χ1v) is 11.3. The number of carbonyl (C=O) groups is 2. The highest BCUT2D eigenvalue weighted by Crippen LogP contribution is 2.33. The molecule has 158 valence electrons. The first-order valence-electron chi connectivity index (χ1n) is 10.9. The lowest BCUT2D eigenvalue weighted by atomic mass is 9.82. The largest absolute Gasteiger partial charge is 0.351 e. The second-order valence-corrected chi connectivity index (χ2v) is 9.22. The topological polar surface area (TPSA) is 49.4 Å². The average Bonchev–Trinajstić information content (AvgIpc) is 3.01. The molecule has 0 bridgehead atoms. The van der Waals surface area contributed by atoms with Crippen molar-refractivity contribution in [2.75, 3.05) is 0 Å². The molecule has 2 aromatic rings. The van der Waals surface area contributed by atoms with Gasteiger partial charge in [0.1, 0.15) is 5.54 Å². The molecule has 0 aromatic heterocycles. The average molecular weight is 425 g/mol. The number of hydrogen-bond donors (Lipinski definition) is 1. The van der Waals surface area contributed by atoms with E-state index in [1.807, 2.05) is 55.5 Å². The van der Waals surface area contributed by atoms with Crippen LogP contribution in [0, 0.1) is 0 Å². The molecule has 1 aliphatic carbocycles. The predicted molar refractivity (Wildman–Crippen MR) is 120 cm³/mol. The molecule has 1 aliphatic heterocycles. The fraction of sp³-hybridized carbons (Fsp3) is 0.440. The molecule has 1 N–H and O–H groups in total. The molecule has 1 saturated carbocycles. The summed E-state index contributed by atoms with van der Waals surface area (Å²) in [6, 6.07) is 15.3. The summed E-state index contributed by atoms with van der Waals surface area (Å²) >= 11 is 6.03. The quantitative estimate of drug-likeness (QED) is 0.691. The van der Waals surface area contributed by atoms with Crippen LogP contribution in [0.3, 0.4) is 0 Å². The smallest absolute Gasteiger partial charge is 0.255 e. The molecule has 1 unspecified atom stereocenters. The number of benzene rings is 2. The van der Waals surface area contributed by atoms with Crippen LogP contribution in [0.1, 0.15) is 66.9 Å². The van der Waals surface area contributed by atoms with Crippen molar-refractivity contribution in [2.24, 2.45) is 0 Å². The Balaban J connectivity index is 1.65. The molecule has 30 heavy (non-hydrogen) atoms. The van der Waals surface area contributed by atoms with E-state index in [1.165, 1.54) is 12.8 Å². The Morgan fingerprint density at radius 2 is 1.73 bits per heavy atom. The molecule has 0 spiro atoms. The molecule has 4 nitrogen and oxygen atoms in total. The molecule has 4 rings (SSSR count). The second-order valence-electron chi connectivity index (χ2n) is 8.79. The first kappa shape index (κ1) is 20.9. The van der Waals surface area contributed by atoms with Gasteiger partial charge >= 0.3 is 0 Å². The highest BCUT2D eigenvalue weighted by Gasteiger charge is 2.47. The van der Waals surface area contributed by atoms with Gasteiger partial charge in [0, 0.05) is 29.6 Å². The molecule has 2 amide bonds. The van der Waals surface area contributed by atoms with Crippen LogP contribution in [0.4, 0.5) is 0 Å². The minimum Gasteiger partial charge on any atom is -0.351 e. The van der Waals surface area contributed by atoms with Gasteiger partial charge in [0.15, 0.2) is 0 Å². The molecule has 5 heteroatoms. The third-order valence-electron chi connectivity index (χ3n) is 6.56. The van der Waals surface area contributed by atoms with E-state index >= 15 is 0 Å². The Bertz CT molecular complexity index is 919. The summed E-state index contributed by atoms with van der Waals surface area (Å²) in [6.07, 6.45) is 7.32. The summed E-state index contributed by atoms with van der Waals surface area (Å²) in [6.45, 7) is 2.28. The van der Waals surface area contributed by atoms with Crippen LogP contribution < -0.4 is 5.32 Å². The van der Waals surface area contributed by atoms with Crippen molar-refractivity contribution in [3.63, 3.8) is 0 Å². The molecule has 1 heterocycles. The van der Waals surface area contributed by atoms with Crippen LogP contribution in [0.2, 0.25) is 5.02 Å². The number of carbonyl (C=O) groups excluding carboxylic acids is 2. The lowest BCUT2D eigenvalue weighted by Crippen LogP contribution is -2.63. The van der Waals surface area contributed by atoms with Gasteiger partial charge in [-0.1, -0.05) is 67.6 Å². The van der Waals surface area contributed by atoms with Crippen LogP contribution in [-0.2, 0) is 17.8 Å². The number of fused-ring (bicyclic) bond motifs is 1. The zero-order valence-corrected chi connectivity index (χ0v) is 18.3. The fourth-order valence-corrected chi connectivity index (χ4v) is 4.83. The van der Waals surface area contributed by atoms with Crippen molar-refractivity contribution >= 4 is 23.4 Å². The van der Waals surface area contributed by atoms with E-state index in [0.29, 0.717) is 23.6 Å². The molecule has 0 saturated heterocycles. The van der Waals surface area contributed by atoms with E-state index in [1.54, 1.807) is 4.90 Å². The summed E-state index contributed by atoms with van der Waals surface area (Å²) in [5.41, 5.74) is 1.65. The van der Waals surface area contributed by atoms with Crippen LogP contribution in [-0.4, -0.2) is 28.3 Å². The Hall–Kier alpha value is -2.33. The van der Waals surface area contributed by atoms with E-state index in [4.69, 9.17) is 11.6 Å². The summed E-state index contributed by atoms with van der Waals surface area (Å²) < 4.78 is 0. The number of nitrogens with zero attached hydrogens (tertiary/aromatic N) is 1. The number of amides is 2. The van der Waals surface area contributed by atoms with E-state index < -0.39 is 5.54 Å². The summed E-state index contributed by atoms with van der Waals surface area (Å²) in [7, 11) is 0. The van der Waals surface area contributed by atoms with Crippen molar-refractivity contribution in [3.05, 3.63) is 70.2 Å². The Morgan fingerprint density at radius 3 is 2.43 bits per heavy atom. The van der Waals surface area contributed by atoms with Crippen LogP contribution >= 0.6 is 11.6 Å². The van der Waals surface area contributed by atoms with E-state index in [2.05, 4.69) is 5.32 Å². The van der Waals surface area contributed by atoms with Gasteiger partial charge in [0.05, 0.1) is 0 Å². The van der Waals surface area contributed by atoms with Gasteiger partial charge in [-0.25, -0.2) is 0 Å². The maximum atomic E-state index is 13.6. The SMILES string of the molecule is CC1(C(=O)NC2CCCCCC2)Cc2ccccc2C(=O)N1Cc1ccc(Cl)cc1. The number of nitrogens with one attached hydrogen (secondary N) is 1. The van der Waals surface area contributed by atoms with Crippen molar-refractivity contribution < 1.29 is 9.59 Å². The van der Waals surface area contributed by atoms with Crippen molar-refractivity contribution in [2.45, 2.75) is 70.0 Å². The van der Waals surface area contributed by atoms with Crippen molar-refractivity contribution in [1.29, 1.82) is 0 Å².